The second-order valence-corrected chi connectivity index (χ2v) is 24.2. The zero-order chi connectivity index (χ0) is 73.0. The van der Waals surface area contributed by atoms with Crippen LogP contribution in [0.4, 0.5) is 39.8 Å². The zero-order valence-corrected chi connectivity index (χ0v) is 66.6. The molecule has 2 N–H and O–H groups in total. The van der Waals surface area contributed by atoms with E-state index in [9.17, 15) is 5.26 Å². The first-order chi connectivity index (χ1) is 51.8. The standard InChI is InChI=1S/C54H40N4O2.C40H30.BH2NS.Bi.H3P.V.2H/c1-56-54-42(21-15-40-18-26-46(27-19-40)58(44-12-8-5-9-13-44)48-30-34-50(60-3)35-31-48)23-36-51-52(54)37-22-41(53(51)38-55)20-14-39-16-24-45(25-17-39)57(43-10-6-4-7-11-43)47-28-32-49(59-2)33-29-47;1-5-13-35(14-6-1)39(36-15-7-2-8-16-36)29-31-21-25-33(26-22-31)34-27-23-32(24-28-34)30-40(37-17-9-3-10-18-37)38-19-11-4-12-20-38;2-1-3;;;;;/h4-37H,2-3H3;1-30H;2H2;;1H3;;;/b20-14+,21-15+;;;;;;;/i;;;;1D;;;. The maximum atomic E-state index is 10.4. The molecule has 0 saturated heterocycles. The summed E-state index contributed by atoms with van der Waals surface area (Å²) in [7, 11) is 5.00. The van der Waals surface area contributed by atoms with E-state index < -0.39 is 0 Å². The summed E-state index contributed by atoms with van der Waals surface area (Å²) in [4.78, 5) is 8.34. The summed E-state index contributed by atoms with van der Waals surface area (Å²) in [6.07, 6.45) is 13.6. The van der Waals surface area contributed by atoms with Gasteiger partial charge in [0, 0.05) is 52.7 Å². The van der Waals surface area contributed by atoms with Gasteiger partial charge in [0.15, 0.2) is 0 Å². The number of benzene rings is 14. The van der Waals surface area contributed by atoms with Crippen LogP contribution >= 0.6 is 21.9 Å². The Morgan fingerprint density at radius 2 is 0.689 bits per heavy atom. The van der Waals surface area contributed by atoms with Gasteiger partial charge in [-0.2, -0.15) is 15.1 Å². The van der Waals surface area contributed by atoms with Crippen LogP contribution in [-0.2, 0) is 18.6 Å². The minimum Gasteiger partial charge on any atom is -0.497 e. The quantitative estimate of drug-likeness (QED) is 0.0374. The van der Waals surface area contributed by atoms with Gasteiger partial charge in [0.2, 0.25) is 5.69 Å². The van der Waals surface area contributed by atoms with Gasteiger partial charge in [-0.1, -0.05) is 279 Å². The topological polar surface area (TPSA) is 79.1 Å². The van der Waals surface area contributed by atoms with Gasteiger partial charge in [0.25, 0.3) is 0 Å². The van der Waals surface area contributed by atoms with Crippen molar-refractivity contribution >= 4 is 153 Å². The van der Waals surface area contributed by atoms with Crippen LogP contribution in [0.1, 0.15) is 61.2 Å². The van der Waals surface area contributed by atoms with Crippen molar-refractivity contribution in [2.24, 2.45) is 5.64 Å². The summed E-state index contributed by atoms with van der Waals surface area (Å²) in [6.45, 7) is 8.14. The van der Waals surface area contributed by atoms with Crippen LogP contribution in [0.3, 0.4) is 0 Å². The third kappa shape index (κ3) is 20.0. The van der Waals surface area contributed by atoms with Crippen molar-refractivity contribution in [3.8, 4) is 28.7 Å². The number of ether oxygens (including phenoxy) is 2. The monoisotopic (exact) mass is 1640 g/mol. The molecule has 0 heterocycles. The molecule has 0 fully saturated rings. The summed E-state index contributed by atoms with van der Waals surface area (Å²) in [5.74, 6) is 1.60. The van der Waals surface area contributed by atoms with E-state index in [-0.39, 0.29) is 44.8 Å². The Kier molecular flexibility index (Phi) is 29.0. The van der Waals surface area contributed by atoms with Crippen LogP contribution in [0.5, 0.6) is 11.5 Å². The molecule has 0 saturated carbocycles. The van der Waals surface area contributed by atoms with E-state index in [1.54, 1.807) is 24.1 Å². The third-order valence-electron chi connectivity index (χ3n) is 17.5. The molecule has 0 aliphatic rings. The molecule has 1 unspecified atom stereocenters. The summed E-state index contributed by atoms with van der Waals surface area (Å²) in [5, 5.41) is 11.9. The van der Waals surface area contributed by atoms with E-state index in [1.807, 2.05) is 133 Å². The molecule has 12 heteroatoms. The molecule has 106 heavy (non-hydrogen) atoms. The van der Waals surface area contributed by atoms with Gasteiger partial charge in [0.05, 0.1) is 27.6 Å². The second kappa shape index (κ2) is 39.9. The van der Waals surface area contributed by atoms with Gasteiger partial charge < -0.3 is 19.3 Å². The van der Waals surface area contributed by atoms with Crippen LogP contribution < -0.4 is 24.9 Å². The molecule has 0 aromatic heterocycles. The molecule has 14 aromatic rings. The summed E-state index contributed by atoms with van der Waals surface area (Å²) in [6, 6.07) is 123. The number of anilines is 6. The normalized spacial score (nSPS) is 10.3. The minimum absolute atomic E-state index is 0. The van der Waals surface area contributed by atoms with Crippen LogP contribution in [0.25, 0.3) is 74.3 Å². The number of nitrogens with two attached hydrogens (primary N) is 1. The van der Waals surface area contributed by atoms with Crippen molar-refractivity contribution < 1.29 is 28.0 Å². The van der Waals surface area contributed by atoms with Crippen molar-refractivity contribution in [1.82, 2.24) is 0 Å². The largest absolute Gasteiger partial charge is 0.497 e. The molecular formula is C94H77BBiN5O2PSV. The molecule has 0 bridgehead atoms. The molecule has 0 aliphatic carbocycles. The predicted octanol–water partition coefficient (Wildman–Crippen LogP) is 23.9. The average molecular weight is 1640 g/mol. The predicted molar refractivity (Wildman–Crippen MR) is 457 cm³/mol. The number of nitriles is 1. The van der Waals surface area contributed by atoms with Crippen LogP contribution in [-0.4, -0.2) is 48.0 Å². The molecule has 0 amide bonds. The Morgan fingerprint density at radius 1 is 0.406 bits per heavy atom. The molecule has 514 valence electrons. The number of methoxy groups -OCH3 is 2. The minimum atomic E-state index is 0. The Bertz CT molecular complexity index is 4930. The Balaban J connectivity index is 0.000000244. The SMILES string of the molecule is C(=C(c1ccccc1)c1ccccc1)c1ccc(-c2ccc(C=C(c3ccccc3)c3ccccc3)cc2)cc1.NB=S.[2H]P.[BiH2].[C-]#[N+]c1c(/C=C/c2ccc(N(c3ccccc3)c3ccc(OC)cc3)cc2)ccc2c(C#N)c(/C=C/c3ccc(N(c4ccccc4)c4ccc(OC)cc4)cc3)ccc12.[V]. The molecule has 7 nitrogen and oxygen atoms in total. The first kappa shape index (κ1) is 77.1. The van der Waals surface area contributed by atoms with Crippen LogP contribution in [0.15, 0.2) is 352 Å². The summed E-state index contributed by atoms with van der Waals surface area (Å²) in [5.41, 5.74) is 27.4. The van der Waals surface area contributed by atoms with Crippen molar-refractivity contribution in [1.29, 1.82) is 6.54 Å². The van der Waals surface area contributed by atoms with E-state index in [2.05, 4.69) is 293 Å². The van der Waals surface area contributed by atoms with E-state index in [0.29, 0.717) is 11.3 Å². The van der Waals surface area contributed by atoms with E-state index in [1.165, 1.54) is 55.7 Å². The van der Waals surface area contributed by atoms with E-state index in [0.717, 1.165) is 84.9 Å². The Labute approximate surface area is 664 Å². The van der Waals surface area contributed by atoms with Gasteiger partial charge in [-0.05, 0) is 198 Å². The summed E-state index contributed by atoms with van der Waals surface area (Å²) < 4.78 is 16.4. The average Bonchev–Trinajstić information content (AvgIpc) is 0.767. The number of fused-ring (bicyclic) bond motifs is 1. The van der Waals surface area contributed by atoms with E-state index in [4.69, 9.17) is 17.3 Å². The van der Waals surface area contributed by atoms with Gasteiger partial charge in [0.1, 0.15) is 17.6 Å². The zero-order valence-electron chi connectivity index (χ0n) is 59.7. The van der Waals surface area contributed by atoms with Gasteiger partial charge in [-0.15, -0.1) is 0 Å². The van der Waals surface area contributed by atoms with E-state index >= 15 is 0 Å². The van der Waals surface area contributed by atoms with Gasteiger partial charge in [-0.3, -0.25) is 0 Å². The molecule has 2 radical (unpaired) electrons. The Morgan fingerprint density at radius 3 is 1.01 bits per heavy atom. The smallest absolute Gasteiger partial charge is 0.202 e. The molecular weight excluding hydrogens is 1560 g/mol. The van der Waals surface area contributed by atoms with Crippen LogP contribution in [0, 0.1) is 17.9 Å². The molecule has 14 aromatic carbocycles. The first-order valence-electron chi connectivity index (χ1n) is 34.3. The number of para-hydroxylation sites is 2. The first-order valence-corrected chi connectivity index (χ1v) is 34.2. The fourth-order valence-electron chi connectivity index (χ4n) is 12.3. The van der Waals surface area contributed by atoms with Crippen LogP contribution in [0.2, 0.25) is 0 Å². The number of rotatable bonds is 19. The fourth-order valence-corrected chi connectivity index (χ4v) is 12.3. The van der Waals surface area contributed by atoms with Crippen molar-refractivity contribution in [2.75, 3.05) is 24.0 Å². The van der Waals surface area contributed by atoms with Crippen molar-refractivity contribution in [2.45, 2.75) is 0 Å². The Hall–Kier alpha value is -11.5. The van der Waals surface area contributed by atoms with Crippen molar-refractivity contribution in [3.63, 3.8) is 0 Å². The summed E-state index contributed by atoms with van der Waals surface area (Å²) >= 11 is 4.05. The molecule has 14 rings (SSSR count). The maximum absolute atomic E-state index is 10.4. The second-order valence-electron chi connectivity index (χ2n) is 23.9. The molecule has 0 spiro atoms. The molecule has 1 atom stereocenters. The number of hydrogen-bond donors (Lipinski definition) is 1. The van der Waals surface area contributed by atoms with Gasteiger partial charge >= 0.3 is 50.2 Å². The number of hydrogen-bond acceptors (Lipinski definition) is 6. The maximum Gasteiger partial charge on any atom is 0.202 e. The third-order valence-corrected chi connectivity index (χ3v) is 17.5. The van der Waals surface area contributed by atoms with Crippen molar-refractivity contribution in [3.05, 3.63) is 424 Å². The number of nitrogens with zero attached hydrogens (tertiary/aromatic N) is 4. The van der Waals surface area contributed by atoms with Gasteiger partial charge in [-0.25, -0.2) is 4.85 Å². The fraction of sp³-hybridized carbons (Fsp3) is 0.0213. The molecule has 0 aliphatic heterocycles.